The Morgan fingerprint density at radius 2 is 2.41 bits per heavy atom. The fourth-order valence-electron chi connectivity index (χ4n) is 2.07. The van der Waals surface area contributed by atoms with Crippen molar-refractivity contribution in [2.75, 3.05) is 6.61 Å². The smallest absolute Gasteiger partial charge is 0.339 e. The van der Waals surface area contributed by atoms with Crippen LogP contribution in [0.25, 0.3) is 0 Å². The van der Waals surface area contributed by atoms with E-state index in [0.717, 1.165) is 13.0 Å². The summed E-state index contributed by atoms with van der Waals surface area (Å²) in [6, 6.07) is 1.89. The van der Waals surface area contributed by atoms with Gasteiger partial charge in [0.2, 0.25) is 0 Å². The van der Waals surface area contributed by atoms with Gasteiger partial charge in [-0.25, -0.2) is 4.79 Å². The van der Waals surface area contributed by atoms with Crippen LogP contribution in [0.5, 0.6) is 0 Å². The maximum Gasteiger partial charge on any atom is 0.339 e. The van der Waals surface area contributed by atoms with Crippen molar-refractivity contribution in [2.24, 2.45) is 0 Å². The molecule has 2 N–H and O–H groups in total. The van der Waals surface area contributed by atoms with Crippen molar-refractivity contribution in [3.05, 3.63) is 23.2 Å². The summed E-state index contributed by atoms with van der Waals surface area (Å²) < 4.78 is 10.8. The van der Waals surface area contributed by atoms with Crippen molar-refractivity contribution < 1.29 is 19.1 Å². The fraction of sp³-hybridized carbons (Fsp3) is 0.583. The molecule has 5 nitrogen and oxygen atoms in total. The number of carboxylic acid groups (broad SMARTS) is 1. The van der Waals surface area contributed by atoms with E-state index in [1.807, 2.05) is 6.92 Å². The standard InChI is InChI=1S/C12H17NO4/c1-7-10(12(14)15)5-9(17-7)6-13-11-3-4-16-8(11)2/h5,8,11,13H,3-4,6H2,1-2H3,(H,14,15). The van der Waals surface area contributed by atoms with Gasteiger partial charge in [-0.05, 0) is 26.3 Å². The Bertz CT molecular complexity index is 413. The molecule has 1 aliphatic heterocycles. The van der Waals surface area contributed by atoms with E-state index < -0.39 is 5.97 Å². The molecular weight excluding hydrogens is 222 g/mol. The van der Waals surface area contributed by atoms with Crippen LogP contribution in [0, 0.1) is 6.92 Å². The first-order chi connectivity index (χ1) is 8.08. The molecule has 2 unspecified atom stereocenters. The summed E-state index contributed by atoms with van der Waals surface area (Å²) >= 11 is 0. The van der Waals surface area contributed by atoms with Crippen molar-refractivity contribution in [1.82, 2.24) is 5.32 Å². The minimum Gasteiger partial charge on any atom is -0.478 e. The maximum absolute atomic E-state index is 10.8. The lowest BCUT2D eigenvalue weighted by Crippen LogP contribution is -2.33. The van der Waals surface area contributed by atoms with Gasteiger partial charge in [-0.15, -0.1) is 0 Å². The van der Waals surface area contributed by atoms with Crippen molar-refractivity contribution in [3.8, 4) is 0 Å². The average Bonchev–Trinajstić information content (AvgIpc) is 2.82. The fourth-order valence-corrected chi connectivity index (χ4v) is 2.07. The Hall–Kier alpha value is -1.33. The number of ether oxygens (including phenoxy) is 1. The second-order valence-electron chi connectivity index (χ2n) is 4.34. The highest BCUT2D eigenvalue weighted by Crippen LogP contribution is 2.17. The van der Waals surface area contributed by atoms with Crippen LogP contribution in [0.4, 0.5) is 0 Å². The summed E-state index contributed by atoms with van der Waals surface area (Å²) in [5, 5.41) is 12.2. The molecule has 2 atom stereocenters. The summed E-state index contributed by atoms with van der Waals surface area (Å²) in [6.07, 6.45) is 1.18. The van der Waals surface area contributed by atoms with Crippen LogP contribution in [0.15, 0.2) is 10.5 Å². The maximum atomic E-state index is 10.8. The molecule has 0 aliphatic carbocycles. The molecule has 1 aromatic rings. The first kappa shape index (κ1) is 12.1. The highest BCUT2D eigenvalue weighted by molar-refractivity contribution is 5.88. The molecule has 1 saturated heterocycles. The van der Waals surface area contributed by atoms with Gasteiger partial charge >= 0.3 is 5.97 Å². The van der Waals surface area contributed by atoms with Gasteiger partial charge < -0.3 is 19.6 Å². The van der Waals surface area contributed by atoms with E-state index in [0.29, 0.717) is 24.1 Å². The Morgan fingerprint density at radius 3 is 2.94 bits per heavy atom. The summed E-state index contributed by atoms with van der Waals surface area (Å²) in [4.78, 5) is 10.8. The van der Waals surface area contributed by atoms with Crippen LogP contribution in [-0.2, 0) is 11.3 Å². The van der Waals surface area contributed by atoms with Gasteiger partial charge in [0.1, 0.15) is 17.1 Å². The molecule has 0 amide bonds. The molecular formula is C12H17NO4. The van der Waals surface area contributed by atoms with Gasteiger partial charge in [0.15, 0.2) is 0 Å². The third-order valence-corrected chi connectivity index (χ3v) is 3.11. The Balaban J connectivity index is 1.95. The highest BCUT2D eigenvalue weighted by Gasteiger charge is 2.24. The zero-order valence-corrected chi connectivity index (χ0v) is 10.0. The molecule has 1 fully saturated rings. The van der Waals surface area contributed by atoms with Crippen LogP contribution in [0.2, 0.25) is 0 Å². The number of carboxylic acids is 1. The van der Waals surface area contributed by atoms with Crippen molar-refractivity contribution in [1.29, 1.82) is 0 Å². The molecule has 2 heterocycles. The van der Waals surface area contributed by atoms with Crippen LogP contribution in [-0.4, -0.2) is 29.8 Å². The number of rotatable bonds is 4. The number of furan rings is 1. The number of aromatic carboxylic acids is 1. The van der Waals surface area contributed by atoms with E-state index in [-0.39, 0.29) is 11.7 Å². The number of hydrogen-bond acceptors (Lipinski definition) is 4. The van der Waals surface area contributed by atoms with E-state index in [1.54, 1.807) is 13.0 Å². The minimum atomic E-state index is -0.949. The molecule has 1 aliphatic rings. The lowest BCUT2D eigenvalue weighted by atomic mass is 10.1. The summed E-state index contributed by atoms with van der Waals surface area (Å²) in [5.74, 6) is 0.152. The first-order valence-electron chi connectivity index (χ1n) is 5.75. The molecule has 94 valence electrons. The van der Waals surface area contributed by atoms with Crippen molar-refractivity contribution in [2.45, 2.75) is 39.0 Å². The predicted molar refractivity (Wildman–Crippen MR) is 61.1 cm³/mol. The van der Waals surface area contributed by atoms with Gasteiger partial charge in [0.05, 0.1) is 12.6 Å². The molecule has 0 aromatic carbocycles. The zero-order valence-electron chi connectivity index (χ0n) is 10.0. The van der Waals surface area contributed by atoms with Crippen LogP contribution in [0.3, 0.4) is 0 Å². The van der Waals surface area contributed by atoms with Crippen molar-refractivity contribution in [3.63, 3.8) is 0 Å². The molecule has 17 heavy (non-hydrogen) atoms. The summed E-state index contributed by atoms with van der Waals surface area (Å²) in [5.41, 5.74) is 0.234. The van der Waals surface area contributed by atoms with Crippen LogP contribution < -0.4 is 5.32 Å². The quantitative estimate of drug-likeness (QED) is 0.834. The number of aryl methyl sites for hydroxylation is 1. The Kier molecular flexibility index (Phi) is 3.49. The third-order valence-electron chi connectivity index (χ3n) is 3.11. The summed E-state index contributed by atoms with van der Waals surface area (Å²) in [6.45, 7) is 5.00. The van der Waals surface area contributed by atoms with E-state index in [1.165, 1.54) is 0 Å². The lowest BCUT2D eigenvalue weighted by Gasteiger charge is -2.14. The van der Waals surface area contributed by atoms with Gasteiger partial charge in [-0.3, -0.25) is 0 Å². The monoisotopic (exact) mass is 239 g/mol. The normalized spacial score (nSPS) is 24.1. The molecule has 0 saturated carbocycles. The first-order valence-corrected chi connectivity index (χ1v) is 5.75. The second-order valence-corrected chi connectivity index (χ2v) is 4.34. The molecule has 0 radical (unpaired) electrons. The van der Waals surface area contributed by atoms with Crippen LogP contribution in [0.1, 0.15) is 35.2 Å². The van der Waals surface area contributed by atoms with Gasteiger partial charge in [-0.1, -0.05) is 0 Å². The topological polar surface area (TPSA) is 71.7 Å². The van der Waals surface area contributed by atoms with Gasteiger partial charge in [-0.2, -0.15) is 0 Å². The Morgan fingerprint density at radius 1 is 1.65 bits per heavy atom. The van der Waals surface area contributed by atoms with E-state index in [9.17, 15) is 4.79 Å². The molecule has 5 heteroatoms. The minimum absolute atomic E-state index is 0.199. The average molecular weight is 239 g/mol. The number of nitrogens with one attached hydrogen (secondary N) is 1. The lowest BCUT2D eigenvalue weighted by molar-refractivity contribution is 0.0695. The Labute approximate surface area is 99.8 Å². The molecule has 0 spiro atoms. The number of hydrogen-bond donors (Lipinski definition) is 2. The van der Waals surface area contributed by atoms with Crippen LogP contribution >= 0.6 is 0 Å². The zero-order chi connectivity index (χ0) is 12.4. The molecule has 0 bridgehead atoms. The van der Waals surface area contributed by atoms with E-state index >= 15 is 0 Å². The largest absolute Gasteiger partial charge is 0.478 e. The molecule has 1 aromatic heterocycles. The number of carbonyl (C=O) groups is 1. The molecule has 2 rings (SSSR count). The summed E-state index contributed by atoms with van der Waals surface area (Å²) in [7, 11) is 0. The highest BCUT2D eigenvalue weighted by atomic mass is 16.5. The van der Waals surface area contributed by atoms with Crippen molar-refractivity contribution >= 4 is 5.97 Å². The third kappa shape index (κ3) is 2.68. The second kappa shape index (κ2) is 4.89. The van der Waals surface area contributed by atoms with Gasteiger partial charge in [0.25, 0.3) is 0 Å². The van der Waals surface area contributed by atoms with E-state index in [2.05, 4.69) is 5.32 Å². The SMILES string of the molecule is Cc1oc(CNC2CCOC2C)cc1C(=O)O. The predicted octanol–water partition coefficient (Wildman–Crippen LogP) is 1.55. The van der Waals surface area contributed by atoms with Gasteiger partial charge in [0, 0.05) is 12.6 Å². The van der Waals surface area contributed by atoms with E-state index in [4.69, 9.17) is 14.3 Å².